The van der Waals surface area contributed by atoms with Gasteiger partial charge in [0, 0.05) is 32.7 Å². The van der Waals surface area contributed by atoms with Gasteiger partial charge in [-0.05, 0) is 44.2 Å². The Labute approximate surface area is 151 Å². The average molecular weight is 367 g/mol. The molecule has 0 amide bonds. The summed E-state index contributed by atoms with van der Waals surface area (Å²) in [6, 6.07) is 9.06. The van der Waals surface area contributed by atoms with Gasteiger partial charge in [0.2, 0.25) is 10.0 Å². The first kappa shape index (κ1) is 19.7. The molecule has 25 heavy (non-hydrogen) atoms. The number of piperidine rings is 1. The molecule has 0 bridgehead atoms. The monoisotopic (exact) mass is 366 g/mol. The molecule has 1 fully saturated rings. The van der Waals surface area contributed by atoms with Gasteiger partial charge in [-0.15, -0.1) is 0 Å². The van der Waals surface area contributed by atoms with E-state index in [1.807, 2.05) is 6.07 Å². The minimum Gasteiger partial charge on any atom is -0.356 e. The molecule has 1 aliphatic heterocycles. The molecule has 0 spiro atoms. The summed E-state index contributed by atoms with van der Waals surface area (Å²) in [6.07, 6.45) is 2.76. The Morgan fingerprint density at radius 3 is 2.48 bits per heavy atom. The van der Waals surface area contributed by atoms with Crippen molar-refractivity contribution in [3.8, 4) is 0 Å². The van der Waals surface area contributed by atoms with Gasteiger partial charge in [-0.1, -0.05) is 25.1 Å². The highest BCUT2D eigenvalue weighted by molar-refractivity contribution is 7.89. The highest BCUT2D eigenvalue weighted by Gasteiger charge is 2.29. The molecule has 6 nitrogen and oxygen atoms in total. The predicted octanol–water partition coefficient (Wildman–Crippen LogP) is 2.05. The highest BCUT2D eigenvalue weighted by atomic mass is 32.2. The van der Waals surface area contributed by atoms with Gasteiger partial charge in [0.15, 0.2) is 5.96 Å². The van der Waals surface area contributed by atoms with Gasteiger partial charge in [-0.25, -0.2) is 8.42 Å². The van der Waals surface area contributed by atoms with Crippen molar-refractivity contribution in [2.75, 3.05) is 26.7 Å². The van der Waals surface area contributed by atoms with Crippen molar-refractivity contribution in [3.05, 3.63) is 30.3 Å². The van der Waals surface area contributed by atoms with Gasteiger partial charge in [-0.2, -0.15) is 4.31 Å². The summed E-state index contributed by atoms with van der Waals surface area (Å²) in [7, 11) is -1.59. The molecular formula is C18H30N4O2S. The second-order valence-electron chi connectivity index (χ2n) is 6.57. The van der Waals surface area contributed by atoms with E-state index in [2.05, 4.69) is 29.5 Å². The van der Waals surface area contributed by atoms with Crippen LogP contribution in [0.5, 0.6) is 0 Å². The van der Waals surface area contributed by atoms with Crippen LogP contribution in [0.25, 0.3) is 0 Å². The third-order valence-electron chi connectivity index (χ3n) is 4.73. The van der Waals surface area contributed by atoms with Gasteiger partial charge >= 0.3 is 0 Å². The van der Waals surface area contributed by atoms with Crippen LogP contribution >= 0.6 is 0 Å². The fourth-order valence-corrected chi connectivity index (χ4v) is 4.36. The smallest absolute Gasteiger partial charge is 0.243 e. The van der Waals surface area contributed by atoms with Crippen molar-refractivity contribution in [2.45, 2.75) is 44.0 Å². The second kappa shape index (κ2) is 9.20. The van der Waals surface area contributed by atoms with E-state index < -0.39 is 10.0 Å². The Kier molecular flexibility index (Phi) is 7.25. The van der Waals surface area contributed by atoms with Gasteiger partial charge in [0.25, 0.3) is 0 Å². The number of rotatable bonds is 6. The third-order valence-corrected chi connectivity index (χ3v) is 6.64. The summed E-state index contributed by atoms with van der Waals surface area (Å²) in [5.74, 6) is 1.27. The molecule has 1 heterocycles. The lowest BCUT2D eigenvalue weighted by Crippen LogP contribution is -2.46. The van der Waals surface area contributed by atoms with Crippen LogP contribution in [0.15, 0.2) is 40.2 Å². The molecule has 1 atom stereocenters. The molecule has 1 aromatic carbocycles. The lowest BCUT2D eigenvalue weighted by molar-refractivity contribution is 0.273. The summed E-state index contributed by atoms with van der Waals surface area (Å²) in [5.41, 5.74) is 0. The van der Waals surface area contributed by atoms with E-state index >= 15 is 0 Å². The van der Waals surface area contributed by atoms with Crippen molar-refractivity contribution in [1.29, 1.82) is 0 Å². The van der Waals surface area contributed by atoms with Crippen LogP contribution in [0.2, 0.25) is 0 Å². The first-order chi connectivity index (χ1) is 12.0. The highest BCUT2D eigenvalue weighted by Crippen LogP contribution is 2.23. The topological polar surface area (TPSA) is 73.8 Å². The Bertz CT molecular complexity index is 653. The van der Waals surface area contributed by atoms with Gasteiger partial charge in [0.1, 0.15) is 0 Å². The molecule has 1 aromatic rings. The molecule has 2 N–H and O–H groups in total. The van der Waals surface area contributed by atoms with Crippen molar-refractivity contribution >= 4 is 16.0 Å². The number of benzene rings is 1. The van der Waals surface area contributed by atoms with Crippen LogP contribution in [0.1, 0.15) is 33.1 Å². The Hall–Kier alpha value is -1.60. The molecule has 7 heteroatoms. The van der Waals surface area contributed by atoms with Gasteiger partial charge in [-0.3, -0.25) is 4.99 Å². The van der Waals surface area contributed by atoms with E-state index in [9.17, 15) is 8.42 Å². The Balaban J connectivity index is 1.84. The Morgan fingerprint density at radius 2 is 1.92 bits per heavy atom. The molecule has 140 valence electrons. The quantitative estimate of drug-likeness (QED) is 0.597. The molecule has 1 aliphatic rings. The van der Waals surface area contributed by atoms with Crippen molar-refractivity contribution in [3.63, 3.8) is 0 Å². The van der Waals surface area contributed by atoms with Crippen molar-refractivity contribution in [1.82, 2.24) is 14.9 Å². The summed E-state index contributed by atoms with van der Waals surface area (Å²) in [4.78, 5) is 4.62. The van der Waals surface area contributed by atoms with E-state index in [1.165, 1.54) is 0 Å². The summed E-state index contributed by atoms with van der Waals surface area (Å²) >= 11 is 0. The molecule has 1 unspecified atom stereocenters. The summed E-state index contributed by atoms with van der Waals surface area (Å²) in [6.45, 7) is 6.21. The largest absolute Gasteiger partial charge is 0.356 e. The first-order valence-corrected chi connectivity index (χ1v) is 10.4. The number of hydrogen-bond acceptors (Lipinski definition) is 3. The van der Waals surface area contributed by atoms with E-state index in [0.29, 0.717) is 29.9 Å². The van der Waals surface area contributed by atoms with Gasteiger partial charge in [0.05, 0.1) is 4.90 Å². The predicted molar refractivity (Wildman–Crippen MR) is 102 cm³/mol. The van der Waals surface area contributed by atoms with Gasteiger partial charge < -0.3 is 10.6 Å². The fraction of sp³-hybridized carbons (Fsp3) is 0.611. The normalized spacial score (nSPS) is 18.8. The standard InChI is InChI=1S/C18H30N4O2S/c1-4-15(2)21-18(19-3)20-14-16-10-12-22(13-11-16)25(23,24)17-8-6-5-7-9-17/h5-9,15-16H,4,10-14H2,1-3H3,(H2,19,20,21). The van der Waals surface area contributed by atoms with E-state index in [0.717, 1.165) is 31.8 Å². The van der Waals surface area contributed by atoms with Crippen molar-refractivity contribution < 1.29 is 8.42 Å². The number of aliphatic imine (C=N–C) groups is 1. The number of nitrogens with zero attached hydrogens (tertiary/aromatic N) is 2. The zero-order valence-corrected chi connectivity index (χ0v) is 16.2. The van der Waals surface area contributed by atoms with E-state index in [1.54, 1.807) is 35.6 Å². The molecule has 0 aliphatic carbocycles. The second-order valence-corrected chi connectivity index (χ2v) is 8.51. The maximum absolute atomic E-state index is 12.6. The molecular weight excluding hydrogens is 336 g/mol. The van der Waals surface area contributed by atoms with E-state index in [4.69, 9.17) is 0 Å². The maximum Gasteiger partial charge on any atom is 0.243 e. The van der Waals surface area contributed by atoms with E-state index in [-0.39, 0.29) is 0 Å². The van der Waals surface area contributed by atoms with Crippen LogP contribution in [0.3, 0.4) is 0 Å². The zero-order chi connectivity index (χ0) is 18.3. The number of nitrogens with one attached hydrogen (secondary N) is 2. The van der Waals surface area contributed by atoms with Crippen LogP contribution in [0, 0.1) is 5.92 Å². The lowest BCUT2D eigenvalue weighted by atomic mass is 9.98. The number of hydrogen-bond donors (Lipinski definition) is 2. The minimum absolute atomic E-state index is 0.379. The number of guanidine groups is 1. The maximum atomic E-state index is 12.6. The molecule has 2 rings (SSSR count). The summed E-state index contributed by atoms with van der Waals surface area (Å²) < 4.78 is 26.9. The minimum atomic E-state index is -3.36. The number of sulfonamides is 1. The fourth-order valence-electron chi connectivity index (χ4n) is 2.87. The zero-order valence-electron chi connectivity index (χ0n) is 15.4. The van der Waals surface area contributed by atoms with Crippen LogP contribution in [-0.2, 0) is 10.0 Å². The van der Waals surface area contributed by atoms with Crippen LogP contribution in [0.4, 0.5) is 0 Å². The average Bonchev–Trinajstić information content (AvgIpc) is 2.65. The Morgan fingerprint density at radius 1 is 1.28 bits per heavy atom. The third kappa shape index (κ3) is 5.44. The first-order valence-electron chi connectivity index (χ1n) is 8.99. The molecule has 0 aromatic heterocycles. The van der Waals surface area contributed by atoms with Crippen LogP contribution in [-0.4, -0.2) is 51.4 Å². The lowest BCUT2D eigenvalue weighted by Gasteiger charge is -2.31. The summed E-state index contributed by atoms with van der Waals surface area (Å²) in [5, 5.41) is 6.70. The molecule has 1 saturated heterocycles. The van der Waals surface area contributed by atoms with Crippen molar-refractivity contribution in [2.24, 2.45) is 10.9 Å². The molecule has 0 saturated carbocycles. The SMILES string of the molecule is CCC(C)NC(=NC)NCC1CCN(S(=O)(=O)c2ccccc2)CC1. The van der Waals surface area contributed by atoms with Crippen LogP contribution < -0.4 is 10.6 Å². The molecule has 0 radical (unpaired) electrons.